The van der Waals surface area contributed by atoms with Gasteiger partial charge < -0.3 is 0 Å². The van der Waals surface area contributed by atoms with Crippen molar-refractivity contribution in [3.05, 3.63) is 35.3 Å². The van der Waals surface area contributed by atoms with E-state index in [-0.39, 0.29) is 5.75 Å². The van der Waals surface area contributed by atoms with Gasteiger partial charge in [0.15, 0.2) is 9.84 Å². The topological polar surface area (TPSA) is 34.1 Å². The van der Waals surface area contributed by atoms with Crippen molar-refractivity contribution >= 4 is 9.84 Å². The highest BCUT2D eigenvalue weighted by molar-refractivity contribution is 7.95. The number of rotatable bonds is 3. The molecule has 3 heteroatoms. The molecule has 1 rings (SSSR count). The van der Waals surface area contributed by atoms with Crippen LogP contribution in [0.5, 0.6) is 0 Å². The third kappa shape index (κ3) is 2.10. The fourth-order valence-electron chi connectivity index (χ4n) is 1.32. The monoisotopic (exact) mass is 198 g/mol. The standard InChI is InChI=1S/C10H14O2S/c1-3-5-6-10-9(4-2)7-8-13(10,11)12/h4-6H,2-3,7-8H2,1H3/b6-5-. The van der Waals surface area contributed by atoms with Crippen LogP contribution in [0.25, 0.3) is 0 Å². The Balaban J connectivity index is 3.11. The fraction of sp³-hybridized carbons (Fsp3) is 0.400. The van der Waals surface area contributed by atoms with Crippen LogP contribution >= 0.6 is 0 Å². The summed E-state index contributed by atoms with van der Waals surface area (Å²) in [7, 11) is -3.00. The van der Waals surface area contributed by atoms with E-state index in [0.717, 1.165) is 12.0 Å². The molecule has 0 aliphatic carbocycles. The van der Waals surface area contributed by atoms with E-state index < -0.39 is 9.84 Å². The van der Waals surface area contributed by atoms with Crippen molar-refractivity contribution in [2.24, 2.45) is 0 Å². The van der Waals surface area contributed by atoms with Crippen molar-refractivity contribution < 1.29 is 8.42 Å². The zero-order valence-corrected chi connectivity index (χ0v) is 8.60. The lowest BCUT2D eigenvalue weighted by molar-refractivity contribution is 0.605. The van der Waals surface area contributed by atoms with Crippen molar-refractivity contribution in [3.63, 3.8) is 0 Å². The van der Waals surface area contributed by atoms with E-state index in [1.807, 2.05) is 13.0 Å². The summed E-state index contributed by atoms with van der Waals surface area (Å²) in [6.07, 6.45) is 6.65. The van der Waals surface area contributed by atoms with Crippen molar-refractivity contribution in [3.8, 4) is 0 Å². The van der Waals surface area contributed by atoms with Gasteiger partial charge in [0.25, 0.3) is 0 Å². The summed E-state index contributed by atoms with van der Waals surface area (Å²) in [5.41, 5.74) is 0.852. The molecule has 0 fully saturated rings. The largest absolute Gasteiger partial charge is 0.224 e. The van der Waals surface area contributed by atoms with Crippen LogP contribution in [0.2, 0.25) is 0 Å². The maximum absolute atomic E-state index is 11.5. The molecule has 13 heavy (non-hydrogen) atoms. The molecule has 1 aliphatic rings. The minimum absolute atomic E-state index is 0.234. The van der Waals surface area contributed by atoms with Gasteiger partial charge in [0.2, 0.25) is 0 Å². The third-order valence-corrected chi connectivity index (χ3v) is 3.85. The first kappa shape index (κ1) is 10.3. The first-order valence-corrected chi connectivity index (χ1v) is 6.02. The summed E-state index contributed by atoms with van der Waals surface area (Å²) in [4.78, 5) is 0.462. The van der Waals surface area contributed by atoms with Gasteiger partial charge in [-0.2, -0.15) is 0 Å². The zero-order chi connectivity index (χ0) is 9.90. The second-order valence-corrected chi connectivity index (χ2v) is 5.05. The number of sulfone groups is 1. The second kappa shape index (κ2) is 3.92. The maximum Gasteiger partial charge on any atom is 0.178 e. The second-order valence-electron chi connectivity index (χ2n) is 2.97. The molecule has 72 valence electrons. The molecule has 0 aromatic heterocycles. The van der Waals surface area contributed by atoms with Gasteiger partial charge in [-0.3, -0.25) is 0 Å². The van der Waals surface area contributed by atoms with Gasteiger partial charge in [0, 0.05) is 0 Å². The average Bonchev–Trinajstić information content (AvgIpc) is 2.37. The van der Waals surface area contributed by atoms with E-state index in [1.165, 1.54) is 0 Å². The molecule has 0 amide bonds. The lowest BCUT2D eigenvalue weighted by atomic mass is 10.2. The van der Waals surface area contributed by atoms with Crippen LogP contribution in [0.1, 0.15) is 19.8 Å². The Morgan fingerprint density at radius 3 is 2.77 bits per heavy atom. The van der Waals surface area contributed by atoms with E-state index in [1.54, 1.807) is 12.2 Å². The molecule has 0 bridgehead atoms. The van der Waals surface area contributed by atoms with Gasteiger partial charge in [-0.05, 0) is 24.5 Å². The Hall–Kier alpha value is -0.830. The van der Waals surface area contributed by atoms with Crippen molar-refractivity contribution in [1.82, 2.24) is 0 Å². The summed E-state index contributed by atoms with van der Waals surface area (Å²) < 4.78 is 23.0. The maximum atomic E-state index is 11.5. The van der Waals surface area contributed by atoms with Crippen LogP contribution in [0, 0.1) is 0 Å². The molecular formula is C10H14O2S. The smallest absolute Gasteiger partial charge is 0.178 e. The third-order valence-electron chi connectivity index (χ3n) is 2.04. The molecule has 0 atom stereocenters. The normalized spacial score (nSPS) is 21.3. The molecule has 0 aromatic rings. The van der Waals surface area contributed by atoms with E-state index in [9.17, 15) is 8.42 Å². The molecule has 0 aromatic carbocycles. The first-order chi connectivity index (χ1) is 6.11. The number of allylic oxidation sites excluding steroid dienone is 4. The van der Waals surface area contributed by atoms with Crippen LogP contribution in [-0.4, -0.2) is 14.2 Å². The first-order valence-electron chi connectivity index (χ1n) is 4.36. The Morgan fingerprint density at radius 1 is 1.54 bits per heavy atom. The summed E-state index contributed by atoms with van der Waals surface area (Å²) >= 11 is 0. The molecule has 0 radical (unpaired) electrons. The highest BCUT2D eigenvalue weighted by Crippen LogP contribution is 2.27. The van der Waals surface area contributed by atoms with Gasteiger partial charge >= 0.3 is 0 Å². The van der Waals surface area contributed by atoms with Crippen LogP contribution in [-0.2, 0) is 9.84 Å². The highest BCUT2D eigenvalue weighted by atomic mass is 32.2. The Bertz CT molecular complexity index is 358. The van der Waals surface area contributed by atoms with E-state index in [4.69, 9.17) is 0 Å². The quantitative estimate of drug-likeness (QED) is 0.696. The summed E-state index contributed by atoms with van der Waals surface area (Å²) in [6, 6.07) is 0. The number of hydrogen-bond acceptors (Lipinski definition) is 2. The molecule has 0 spiro atoms. The van der Waals surface area contributed by atoms with Gasteiger partial charge in [-0.1, -0.05) is 25.7 Å². The Morgan fingerprint density at radius 2 is 2.23 bits per heavy atom. The summed E-state index contributed by atoms with van der Waals surface area (Å²) in [5.74, 6) is 0.234. The molecule has 1 aliphatic heterocycles. The van der Waals surface area contributed by atoms with Crippen molar-refractivity contribution in [2.75, 3.05) is 5.75 Å². The van der Waals surface area contributed by atoms with Crippen LogP contribution in [0.15, 0.2) is 35.3 Å². The molecular weight excluding hydrogens is 184 g/mol. The van der Waals surface area contributed by atoms with Gasteiger partial charge in [0.1, 0.15) is 0 Å². The molecule has 0 saturated heterocycles. The predicted octanol–water partition coefficient (Wildman–Crippen LogP) is 2.21. The van der Waals surface area contributed by atoms with Crippen LogP contribution in [0.3, 0.4) is 0 Å². The van der Waals surface area contributed by atoms with Crippen molar-refractivity contribution in [1.29, 1.82) is 0 Å². The minimum Gasteiger partial charge on any atom is -0.224 e. The average molecular weight is 198 g/mol. The summed E-state index contributed by atoms with van der Waals surface area (Å²) in [6.45, 7) is 5.59. The molecule has 0 unspecified atom stereocenters. The van der Waals surface area contributed by atoms with Crippen LogP contribution in [0.4, 0.5) is 0 Å². The van der Waals surface area contributed by atoms with Gasteiger partial charge in [-0.25, -0.2) is 8.42 Å². The lowest BCUT2D eigenvalue weighted by Crippen LogP contribution is -1.99. The highest BCUT2D eigenvalue weighted by Gasteiger charge is 2.25. The summed E-state index contributed by atoms with van der Waals surface area (Å²) in [5, 5.41) is 0. The van der Waals surface area contributed by atoms with Gasteiger partial charge in [0.05, 0.1) is 10.7 Å². The van der Waals surface area contributed by atoms with E-state index in [2.05, 4.69) is 6.58 Å². The Labute approximate surface area is 79.6 Å². The van der Waals surface area contributed by atoms with E-state index in [0.29, 0.717) is 11.3 Å². The fourth-order valence-corrected chi connectivity index (χ4v) is 2.91. The SMILES string of the molecule is C=CC1=C(/C=C\CC)S(=O)(=O)CC1. The zero-order valence-electron chi connectivity index (χ0n) is 7.79. The molecule has 0 N–H and O–H groups in total. The number of hydrogen-bond donors (Lipinski definition) is 0. The lowest BCUT2D eigenvalue weighted by Gasteiger charge is -1.95. The van der Waals surface area contributed by atoms with Crippen LogP contribution < -0.4 is 0 Å². The Kier molecular flexibility index (Phi) is 3.09. The van der Waals surface area contributed by atoms with E-state index >= 15 is 0 Å². The van der Waals surface area contributed by atoms with Gasteiger partial charge in [-0.15, -0.1) is 0 Å². The molecule has 0 saturated carbocycles. The molecule has 1 heterocycles. The van der Waals surface area contributed by atoms with Crippen molar-refractivity contribution in [2.45, 2.75) is 19.8 Å². The molecule has 2 nitrogen and oxygen atoms in total. The predicted molar refractivity (Wildman–Crippen MR) is 55.1 cm³/mol. The minimum atomic E-state index is -3.00.